The quantitative estimate of drug-likeness (QED) is 0.713. The molecule has 146 valence electrons. The Labute approximate surface area is 162 Å². The molecule has 0 aliphatic carbocycles. The fraction of sp³-hybridized carbons (Fsp3) is 0.435. The van der Waals surface area contributed by atoms with Crippen LogP contribution in [-0.2, 0) is 24.2 Å². The van der Waals surface area contributed by atoms with E-state index in [9.17, 15) is 9.90 Å². The van der Waals surface area contributed by atoms with E-state index in [4.69, 9.17) is 4.74 Å². The normalized spacial score (nSPS) is 12.4. The summed E-state index contributed by atoms with van der Waals surface area (Å²) in [5, 5.41) is 12.5. The number of amides is 1. The van der Waals surface area contributed by atoms with Gasteiger partial charge in [0.15, 0.2) is 0 Å². The van der Waals surface area contributed by atoms with Gasteiger partial charge in [-0.2, -0.15) is 0 Å². The van der Waals surface area contributed by atoms with E-state index in [1.807, 2.05) is 63.2 Å². The van der Waals surface area contributed by atoms with Gasteiger partial charge < -0.3 is 15.2 Å². The molecule has 2 N–H and O–H groups in total. The minimum atomic E-state index is -0.516. The van der Waals surface area contributed by atoms with Crippen LogP contribution in [0.2, 0.25) is 0 Å². The van der Waals surface area contributed by atoms with E-state index in [1.54, 1.807) is 0 Å². The van der Waals surface area contributed by atoms with E-state index >= 15 is 0 Å². The number of hydrogen-bond acceptors (Lipinski definition) is 3. The number of carbonyl (C=O) groups excluding carboxylic acids is 1. The van der Waals surface area contributed by atoms with Crippen molar-refractivity contribution in [2.45, 2.75) is 64.7 Å². The summed E-state index contributed by atoms with van der Waals surface area (Å²) in [4.78, 5) is 12.2. The second-order valence-corrected chi connectivity index (χ2v) is 7.83. The Bertz CT molecular complexity index is 707. The lowest BCUT2D eigenvalue weighted by atomic mass is 9.97. The molecule has 0 saturated carbocycles. The van der Waals surface area contributed by atoms with Crippen molar-refractivity contribution in [2.24, 2.45) is 0 Å². The Kier molecular flexibility index (Phi) is 7.86. The van der Waals surface area contributed by atoms with Gasteiger partial charge in [-0.3, -0.25) is 0 Å². The number of aryl methyl sites for hydroxylation is 2. The van der Waals surface area contributed by atoms with Gasteiger partial charge >= 0.3 is 6.09 Å². The lowest BCUT2D eigenvalue weighted by Crippen LogP contribution is -2.39. The second kappa shape index (κ2) is 10.1. The van der Waals surface area contributed by atoms with Crippen LogP contribution in [-0.4, -0.2) is 22.8 Å². The molecule has 0 fully saturated rings. The van der Waals surface area contributed by atoms with Gasteiger partial charge in [0.2, 0.25) is 0 Å². The molecule has 0 aliphatic heterocycles. The SMILES string of the molecule is CC(C)(C)OC(=O)NC(CCc1ccccc1)CCc1ccccc1CO. The summed E-state index contributed by atoms with van der Waals surface area (Å²) in [7, 11) is 0. The van der Waals surface area contributed by atoms with Crippen LogP contribution in [0.4, 0.5) is 4.79 Å². The minimum absolute atomic E-state index is 0.00630. The van der Waals surface area contributed by atoms with E-state index in [2.05, 4.69) is 17.4 Å². The molecule has 0 saturated heterocycles. The van der Waals surface area contributed by atoms with Crippen molar-refractivity contribution in [3.8, 4) is 0 Å². The number of alkyl carbamates (subject to hydrolysis) is 1. The number of nitrogens with one attached hydrogen (secondary N) is 1. The van der Waals surface area contributed by atoms with Crippen molar-refractivity contribution in [1.82, 2.24) is 5.32 Å². The number of carbonyl (C=O) groups is 1. The largest absolute Gasteiger partial charge is 0.444 e. The molecular formula is C23H31NO3. The number of aliphatic hydroxyl groups excluding tert-OH is 1. The highest BCUT2D eigenvalue weighted by Gasteiger charge is 2.19. The zero-order chi connectivity index (χ0) is 19.7. The summed E-state index contributed by atoms with van der Waals surface area (Å²) in [6.45, 7) is 5.62. The molecule has 1 amide bonds. The summed E-state index contributed by atoms with van der Waals surface area (Å²) in [5.74, 6) is 0. The lowest BCUT2D eigenvalue weighted by Gasteiger charge is -2.24. The maximum absolute atomic E-state index is 12.2. The van der Waals surface area contributed by atoms with E-state index in [-0.39, 0.29) is 18.7 Å². The highest BCUT2D eigenvalue weighted by Crippen LogP contribution is 2.16. The molecule has 1 unspecified atom stereocenters. The average Bonchev–Trinajstić information content (AvgIpc) is 2.63. The summed E-state index contributed by atoms with van der Waals surface area (Å²) < 4.78 is 5.43. The fourth-order valence-electron chi connectivity index (χ4n) is 3.03. The Morgan fingerprint density at radius 1 is 0.963 bits per heavy atom. The van der Waals surface area contributed by atoms with Crippen LogP contribution < -0.4 is 5.32 Å². The Morgan fingerprint density at radius 3 is 2.19 bits per heavy atom. The van der Waals surface area contributed by atoms with Crippen LogP contribution >= 0.6 is 0 Å². The van der Waals surface area contributed by atoms with Crippen molar-refractivity contribution >= 4 is 6.09 Å². The van der Waals surface area contributed by atoms with Crippen LogP contribution in [0.5, 0.6) is 0 Å². The van der Waals surface area contributed by atoms with Crippen molar-refractivity contribution in [3.05, 3.63) is 71.3 Å². The van der Waals surface area contributed by atoms with Crippen molar-refractivity contribution in [1.29, 1.82) is 0 Å². The van der Waals surface area contributed by atoms with Gasteiger partial charge in [-0.15, -0.1) is 0 Å². The smallest absolute Gasteiger partial charge is 0.407 e. The van der Waals surface area contributed by atoms with E-state index < -0.39 is 5.60 Å². The van der Waals surface area contributed by atoms with Gasteiger partial charge in [0.1, 0.15) is 5.60 Å². The maximum atomic E-state index is 12.2. The predicted molar refractivity (Wildman–Crippen MR) is 109 cm³/mol. The minimum Gasteiger partial charge on any atom is -0.444 e. The zero-order valence-electron chi connectivity index (χ0n) is 16.6. The maximum Gasteiger partial charge on any atom is 0.407 e. The molecule has 2 rings (SSSR count). The standard InChI is InChI=1S/C23H31NO3/c1-23(2,3)27-22(26)24-21(15-13-18-9-5-4-6-10-18)16-14-19-11-7-8-12-20(19)17-25/h4-12,21,25H,13-17H2,1-3H3,(H,24,26). The fourth-order valence-corrected chi connectivity index (χ4v) is 3.03. The third-order valence-electron chi connectivity index (χ3n) is 4.40. The van der Waals surface area contributed by atoms with Crippen LogP contribution in [0.15, 0.2) is 54.6 Å². The first-order valence-electron chi connectivity index (χ1n) is 9.58. The second-order valence-electron chi connectivity index (χ2n) is 7.83. The Morgan fingerprint density at radius 2 is 1.56 bits per heavy atom. The molecule has 4 nitrogen and oxygen atoms in total. The molecule has 0 spiro atoms. The van der Waals surface area contributed by atoms with E-state index in [0.29, 0.717) is 0 Å². The van der Waals surface area contributed by atoms with Gasteiger partial charge in [-0.05, 0) is 63.1 Å². The monoisotopic (exact) mass is 369 g/mol. The number of benzene rings is 2. The number of ether oxygens (including phenoxy) is 1. The van der Waals surface area contributed by atoms with Crippen molar-refractivity contribution in [3.63, 3.8) is 0 Å². The Hall–Kier alpha value is -2.33. The molecule has 4 heteroatoms. The molecule has 0 bridgehead atoms. The molecule has 0 aliphatic rings. The van der Waals surface area contributed by atoms with Crippen LogP contribution in [0.3, 0.4) is 0 Å². The van der Waals surface area contributed by atoms with Gasteiger partial charge in [0.25, 0.3) is 0 Å². The molecule has 2 aromatic carbocycles. The first-order chi connectivity index (χ1) is 12.9. The molecule has 0 radical (unpaired) electrons. The first-order valence-corrected chi connectivity index (χ1v) is 9.58. The summed E-state index contributed by atoms with van der Waals surface area (Å²) in [5.41, 5.74) is 2.80. The molecule has 0 aromatic heterocycles. The Balaban J connectivity index is 2.00. The van der Waals surface area contributed by atoms with Crippen LogP contribution in [0.25, 0.3) is 0 Å². The lowest BCUT2D eigenvalue weighted by molar-refractivity contribution is 0.0499. The van der Waals surface area contributed by atoms with Gasteiger partial charge in [0, 0.05) is 6.04 Å². The van der Waals surface area contributed by atoms with Crippen molar-refractivity contribution < 1.29 is 14.6 Å². The van der Waals surface area contributed by atoms with Crippen LogP contribution in [0.1, 0.15) is 50.3 Å². The molecule has 2 aromatic rings. The van der Waals surface area contributed by atoms with E-state index in [1.165, 1.54) is 5.56 Å². The number of aliphatic hydroxyl groups is 1. The molecule has 27 heavy (non-hydrogen) atoms. The first kappa shape index (κ1) is 21.0. The average molecular weight is 370 g/mol. The molecule has 0 heterocycles. The number of hydrogen-bond donors (Lipinski definition) is 2. The van der Waals surface area contributed by atoms with Crippen LogP contribution in [0, 0.1) is 0 Å². The molecular weight excluding hydrogens is 338 g/mol. The van der Waals surface area contributed by atoms with Gasteiger partial charge in [-0.25, -0.2) is 4.79 Å². The van der Waals surface area contributed by atoms with Gasteiger partial charge in [-0.1, -0.05) is 54.6 Å². The van der Waals surface area contributed by atoms with Crippen molar-refractivity contribution in [2.75, 3.05) is 0 Å². The van der Waals surface area contributed by atoms with E-state index in [0.717, 1.165) is 36.8 Å². The van der Waals surface area contributed by atoms with Gasteiger partial charge in [0.05, 0.1) is 6.61 Å². The summed E-state index contributed by atoms with van der Waals surface area (Å²) in [6.07, 6.45) is 2.94. The number of rotatable bonds is 8. The topological polar surface area (TPSA) is 58.6 Å². The third kappa shape index (κ3) is 7.83. The predicted octanol–water partition coefficient (Wildman–Crippen LogP) is 4.64. The zero-order valence-corrected chi connectivity index (χ0v) is 16.6. The summed E-state index contributed by atoms with van der Waals surface area (Å²) in [6, 6.07) is 18.2. The third-order valence-corrected chi connectivity index (χ3v) is 4.40. The summed E-state index contributed by atoms with van der Waals surface area (Å²) >= 11 is 0. The highest BCUT2D eigenvalue weighted by atomic mass is 16.6. The molecule has 1 atom stereocenters. The highest BCUT2D eigenvalue weighted by molar-refractivity contribution is 5.68.